The summed E-state index contributed by atoms with van der Waals surface area (Å²) in [7, 11) is 1.66. The lowest BCUT2D eigenvalue weighted by Gasteiger charge is -2.36. The monoisotopic (exact) mass is 490 g/mol. The highest BCUT2D eigenvalue weighted by Gasteiger charge is 2.37. The molecule has 0 saturated heterocycles. The number of pyridine rings is 1. The van der Waals surface area contributed by atoms with Gasteiger partial charge in [-0.05, 0) is 24.3 Å². The zero-order valence-electron chi connectivity index (χ0n) is 15.4. The lowest BCUT2D eigenvalue weighted by atomic mass is 9.99. The molecule has 2 aliphatic heterocycles. The summed E-state index contributed by atoms with van der Waals surface area (Å²) in [6.07, 6.45) is 8.55. The molecule has 2 unspecified atom stereocenters. The summed E-state index contributed by atoms with van der Waals surface area (Å²) in [6.45, 7) is 0.397. The molecule has 0 spiro atoms. The Morgan fingerprint density at radius 2 is 2.04 bits per heavy atom. The molecule has 0 saturated carbocycles. The van der Waals surface area contributed by atoms with Crippen LogP contribution in [-0.2, 0) is 11.3 Å². The highest BCUT2D eigenvalue weighted by molar-refractivity contribution is 14.1. The molecular weight excluding hydrogens is 470 g/mol. The van der Waals surface area contributed by atoms with E-state index in [1.54, 1.807) is 25.4 Å². The first-order chi connectivity index (χ1) is 13.7. The van der Waals surface area contributed by atoms with Crippen LogP contribution in [0.15, 0.2) is 77.9 Å². The minimum atomic E-state index is -0.217. The highest BCUT2D eigenvalue weighted by Crippen LogP contribution is 2.32. The molecule has 0 N–H and O–H groups in total. The molecule has 7 heteroatoms. The molecular formula is C21H20FIN4O. The molecule has 0 aliphatic carbocycles. The van der Waals surface area contributed by atoms with E-state index in [-0.39, 0.29) is 17.9 Å². The Labute approximate surface area is 177 Å². The van der Waals surface area contributed by atoms with Crippen LogP contribution in [0.2, 0.25) is 0 Å². The molecule has 144 valence electrons. The second kappa shape index (κ2) is 8.30. The van der Waals surface area contributed by atoms with Crippen molar-refractivity contribution < 1.29 is 9.13 Å². The Balaban J connectivity index is 1.65. The standard InChI is InChI=1S/C21H20FIN4O/c1-28-21-11-6-10-19(27(21)23)20-13-18(17-9-4-5-12-24-17)25-26(20)14-15-7-2-3-8-16(15)22/h2-12,19-20H,13-14H2,1H3. The summed E-state index contributed by atoms with van der Waals surface area (Å²) in [4.78, 5) is 4.45. The van der Waals surface area contributed by atoms with E-state index in [0.717, 1.165) is 23.7 Å². The largest absolute Gasteiger partial charge is 0.482 e. The predicted molar refractivity (Wildman–Crippen MR) is 115 cm³/mol. The van der Waals surface area contributed by atoms with Gasteiger partial charge in [0.05, 0.1) is 60.0 Å². The number of hydrazone groups is 1. The van der Waals surface area contributed by atoms with E-state index >= 15 is 0 Å². The fourth-order valence-electron chi connectivity index (χ4n) is 3.49. The molecule has 2 atom stereocenters. The van der Waals surface area contributed by atoms with Gasteiger partial charge in [0, 0.05) is 18.2 Å². The maximum Gasteiger partial charge on any atom is 0.198 e. The van der Waals surface area contributed by atoms with Gasteiger partial charge in [0.1, 0.15) is 5.82 Å². The van der Waals surface area contributed by atoms with Crippen molar-refractivity contribution >= 4 is 28.6 Å². The van der Waals surface area contributed by atoms with Crippen LogP contribution in [0, 0.1) is 5.82 Å². The third-order valence-electron chi connectivity index (χ3n) is 4.91. The smallest absolute Gasteiger partial charge is 0.198 e. The molecule has 0 amide bonds. The first-order valence-electron chi connectivity index (χ1n) is 9.04. The molecule has 3 heterocycles. The Morgan fingerprint density at radius 1 is 1.21 bits per heavy atom. The minimum Gasteiger partial charge on any atom is -0.482 e. The van der Waals surface area contributed by atoms with Gasteiger partial charge >= 0.3 is 0 Å². The van der Waals surface area contributed by atoms with E-state index in [9.17, 15) is 4.39 Å². The van der Waals surface area contributed by atoms with E-state index < -0.39 is 0 Å². The van der Waals surface area contributed by atoms with Crippen molar-refractivity contribution in [2.24, 2.45) is 5.10 Å². The van der Waals surface area contributed by atoms with Crippen molar-refractivity contribution in [2.75, 3.05) is 7.11 Å². The minimum absolute atomic E-state index is 0.0311. The van der Waals surface area contributed by atoms with Crippen LogP contribution in [0.4, 0.5) is 4.39 Å². The Kier molecular flexibility index (Phi) is 5.61. The molecule has 1 aromatic heterocycles. The first-order valence-corrected chi connectivity index (χ1v) is 10.0. The lowest BCUT2D eigenvalue weighted by molar-refractivity contribution is 0.141. The van der Waals surface area contributed by atoms with Gasteiger partial charge in [0.15, 0.2) is 5.88 Å². The van der Waals surface area contributed by atoms with Crippen LogP contribution in [0.3, 0.4) is 0 Å². The zero-order chi connectivity index (χ0) is 19.5. The highest BCUT2D eigenvalue weighted by atomic mass is 127. The zero-order valence-corrected chi connectivity index (χ0v) is 17.5. The summed E-state index contributed by atoms with van der Waals surface area (Å²) in [5.74, 6) is 0.566. The lowest BCUT2D eigenvalue weighted by Crippen LogP contribution is -2.44. The summed E-state index contributed by atoms with van der Waals surface area (Å²) in [5, 5.41) is 6.81. The summed E-state index contributed by atoms with van der Waals surface area (Å²) >= 11 is 2.26. The van der Waals surface area contributed by atoms with Crippen molar-refractivity contribution in [2.45, 2.75) is 25.0 Å². The number of ether oxygens (including phenoxy) is 1. The normalized spacial score (nSPS) is 21.5. The van der Waals surface area contributed by atoms with Gasteiger partial charge in [-0.25, -0.2) is 4.39 Å². The number of hydrogen-bond donors (Lipinski definition) is 0. The quantitative estimate of drug-likeness (QED) is 0.464. The summed E-state index contributed by atoms with van der Waals surface area (Å²) in [6, 6.07) is 12.7. The Hall–Kier alpha value is -2.42. The van der Waals surface area contributed by atoms with E-state index in [2.05, 4.69) is 37.0 Å². The molecule has 0 bridgehead atoms. The third kappa shape index (κ3) is 3.76. The number of methoxy groups -OCH3 is 1. The molecule has 1 aromatic carbocycles. The van der Waals surface area contributed by atoms with Crippen LogP contribution >= 0.6 is 22.9 Å². The van der Waals surface area contributed by atoms with E-state index in [1.807, 2.05) is 41.4 Å². The van der Waals surface area contributed by atoms with Crippen molar-refractivity contribution in [1.29, 1.82) is 0 Å². The van der Waals surface area contributed by atoms with E-state index in [4.69, 9.17) is 9.84 Å². The first kappa shape index (κ1) is 18.9. The van der Waals surface area contributed by atoms with Crippen molar-refractivity contribution in [1.82, 2.24) is 13.1 Å². The van der Waals surface area contributed by atoms with Crippen molar-refractivity contribution in [3.05, 3.63) is 89.8 Å². The van der Waals surface area contributed by atoms with Gasteiger partial charge in [0.25, 0.3) is 0 Å². The Morgan fingerprint density at radius 3 is 2.79 bits per heavy atom. The summed E-state index contributed by atoms with van der Waals surface area (Å²) in [5.41, 5.74) is 2.39. The van der Waals surface area contributed by atoms with Crippen LogP contribution in [-0.4, -0.2) is 38.0 Å². The van der Waals surface area contributed by atoms with E-state index in [0.29, 0.717) is 12.1 Å². The molecule has 2 aliphatic rings. The topological polar surface area (TPSA) is 41.0 Å². The Bertz CT molecular complexity index is 931. The summed E-state index contributed by atoms with van der Waals surface area (Å²) < 4.78 is 21.8. The number of aromatic nitrogens is 1. The second-order valence-corrected chi connectivity index (χ2v) is 7.66. The molecule has 2 aromatic rings. The predicted octanol–water partition coefficient (Wildman–Crippen LogP) is 4.28. The van der Waals surface area contributed by atoms with Crippen LogP contribution in [0.1, 0.15) is 17.7 Å². The fourth-order valence-corrected chi connectivity index (χ4v) is 4.41. The van der Waals surface area contributed by atoms with Gasteiger partial charge in [-0.2, -0.15) is 5.10 Å². The van der Waals surface area contributed by atoms with Crippen molar-refractivity contribution in [3.63, 3.8) is 0 Å². The number of halogens is 2. The SMILES string of the molecule is COC1=CC=CC(C2CC(c3ccccn3)=NN2Cc2ccccc2F)N1I. The van der Waals surface area contributed by atoms with Gasteiger partial charge in [0.2, 0.25) is 0 Å². The van der Waals surface area contributed by atoms with E-state index in [1.165, 1.54) is 6.07 Å². The average molecular weight is 490 g/mol. The molecule has 28 heavy (non-hydrogen) atoms. The number of hydrogen-bond acceptors (Lipinski definition) is 5. The maximum absolute atomic E-state index is 14.3. The maximum atomic E-state index is 14.3. The van der Waals surface area contributed by atoms with Gasteiger partial charge in [-0.15, -0.1) is 0 Å². The molecule has 0 radical (unpaired) electrons. The molecule has 4 rings (SSSR count). The van der Waals surface area contributed by atoms with Gasteiger partial charge in [-0.1, -0.05) is 36.4 Å². The molecule has 5 nitrogen and oxygen atoms in total. The van der Waals surface area contributed by atoms with Gasteiger partial charge < -0.3 is 4.74 Å². The fraction of sp³-hybridized carbons (Fsp3) is 0.238. The van der Waals surface area contributed by atoms with Crippen LogP contribution < -0.4 is 0 Å². The molecule has 0 fully saturated rings. The number of nitrogens with zero attached hydrogens (tertiary/aromatic N) is 4. The van der Waals surface area contributed by atoms with Gasteiger partial charge in [-0.3, -0.25) is 13.1 Å². The average Bonchev–Trinajstić information content (AvgIpc) is 3.14. The van der Waals surface area contributed by atoms with Crippen LogP contribution in [0.25, 0.3) is 0 Å². The van der Waals surface area contributed by atoms with Crippen LogP contribution in [0.5, 0.6) is 0 Å². The number of benzene rings is 1. The third-order valence-corrected chi connectivity index (χ3v) is 6.03. The second-order valence-electron chi connectivity index (χ2n) is 6.62. The van der Waals surface area contributed by atoms with Crippen molar-refractivity contribution in [3.8, 4) is 0 Å². The number of allylic oxidation sites excluding steroid dienone is 2. The number of rotatable bonds is 5.